The number of aliphatic carboxylic acids is 1. The molecule has 0 aliphatic carbocycles. The molecule has 0 heterocycles. The van der Waals surface area contributed by atoms with Crippen molar-refractivity contribution in [2.24, 2.45) is 11.5 Å². The summed E-state index contributed by atoms with van der Waals surface area (Å²) in [5.41, 5.74) is 10.2. The van der Waals surface area contributed by atoms with Crippen molar-refractivity contribution in [3.63, 3.8) is 0 Å². The summed E-state index contributed by atoms with van der Waals surface area (Å²) in [7, 11) is 0. The zero-order valence-corrected chi connectivity index (χ0v) is 9.80. The Kier molecular flexibility index (Phi) is 6.35. The van der Waals surface area contributed by atoms with Crippen LogP contribution in [0.1, 0.15) is 13.3 Å². The van der Waals surface area contributed by atoms with Gasteiger partial charge in [0.1, 0.15) is 12.6 Å². The van der Waals surface area contributed by atoms with Crippen molar-refractivity contribution in [1.82, 2.24) is 10.6 Å². The van der Waals surface area contributed by atoms with Gasteiger partial charge in [-0.2, -0.15) is 0 Å². The fourth-order valence-corrected chi connectivity index (χ4v) is 1.01. The zero-order chi connectivity index (χ0) is 14.3. The van der Waals surface area contributed by atoms with Crippen molar-refractivity contribution in [2.75, 3.05) is 6.54 Å². The van der Waals surface area contributed by atoms with E-state index in [-0.39, 0.29) is 6.42 Å². The highest BCUT2D eigenvalue weighted by atomic mass is 16.4. The van der Waals surface area contributed by atoms with Crippen molar-refractivity contribution in [3.8, 4) is 0 Å². The highest BCUT2D eigenvalue weighted by Crippen LogP contribution is 1.90. The molecule has 7 N–H and O–H groups in total. The Hall–Kier alpha value is -2.16. The van der Waals surface area contributed by atoms with Crippen LogP contribution in [-0.2, 0) is 19.2 Å². The fourth-order valence-electron chi connectivity index (χ4n) is 1.01. The number of carbonyl (C=O) groups excluding carboxylic acids is 3. The molecule has 0 saturated carbocycles. The van der Waals surface area contributed by atoms with Gasteiger partial charge < -0.3 is 27.2 Å². The summed E-state index contributed by atoms with van der Waals surface area (Å²) in [6.45, 7) is 0.804. The Morgan fingerprint density at radius 1 is 1.22 bits per heavy atom. The fraction of sp³-hybridized carbons (Fsp3) is 0.556. The molecule has 0 spiro atoms. The Balaban J connectivity index is 4.17. The average molecular weight is 260 g/mol. The summed E-state index contributed by atoms with van der Waals surface area (Å²) in [6, 6.07) is -2.10. The Bertz CT molecular complexity index is 357. The van der Waals surface area contributed by atoms with Crippen LogP contribution in [0.4, 0.5) is 0 Å². The van der Waals surface area contributed by atoms with Crippen molar-refractivity contribution < 1.29 is 24.3 Å². The molecule has 0 aromatic rings. The van der Waals surface area contributed by atoms with E-state index < -0.39 is 42.3 Å². The van der Waals surface area contributed by atoms with Gasteiger partial charge in [0.25, 0.3) is 0 Å². The highest BCUT2D eigenvalue weighted by molar-refractivity contribution is 5.92. The average Bonchev–Trinajstić information content (AvgIpc) is 2.24. The van der Waals surface area contributed by atoms with E-state index in [1.807, 2.05) is 0 Å². The smallest absolute Gasteiger partial charge is 0.322 e. The molecule has 18 heavy (non-hydrogen) atoms. The van der Waals surface area contributed by atoms with Gasteiger partial charge in [-0.1, -0.05) is 0 Å². The lowest BCUT2D eigenvalue weighted by atomic mass is 10.2. The van der Waals surface area contributed by atoms with Crippen molar-refractivity contribution in [1.29, 1.82) is 0 Å². The molecule has 0 bridgehead atoms. The van der Waals surface area contributed by atoms with Gasteiger partial charge >= 0.3 is 5.97 Å². The van der Waals surface area contributed by atoms with Crippen molar-refractivity contribution >= 4 is 23.7 Å². The minimum absolute atomic E-state index is 0.338. The lowest BCUT2D eigenvalue weighted by Crippen LogP contribution is -2.51. The normalized spacial score (nSPS) is 13.2. The summed E-state index contributed by atoms with van der Waals surface area (Å²) < 4.78 is 0. The van der Waals surface area contributed by atoms with Gasteiger partial charge in [0.05, 0.1) is 12.5 Å². The second kappa shape index (κ2) is 7.22. The second-order valence-electron chi connectivity index (χ2n) is 3.62. The molecule has 0 aromatic heterocycles. The van der Waals surface area contributed by atoms with Crippen LogP contribution in [0, 0.1) is 0 Å². The third-order valence-electron chi connectivity index (χ3n) is 1.92. The molecule has 0 saturated heterocycles. The largest absolute Gasteiger partial charge is 0.480 e. The minimum atomic E-state index is -1.20. The second-order valence-corrected chi connectivity index (χ2v) is 3.62. The van der Waals surface area contributed by atoms with Gasteiger partial charge in [0, 0.05) is 0 Å². The molecule has 2 atom stereocenters. The van der Waals surface area contributed by atoms with Crippen molar-refractivity contribution in [3.05, 3.63) is 0 Å². The number of carbonyl (C=O) groups is 4. The number of hydrogen-bond donors (Lipinski definition) is 5. The van der Waals surface area contributed by atoms with E-state index in [1.165, 1.54) is 6.92 Å². The number of nitrogens with two attached hydrogens (primary N) is 2. The van der Waals surface area contributed by atoms with Crippen LogP contribution >= 0.6 is 0 Å². The van der Waals surface area contributed by atoms with Crippen LogP contribution in [-0.4, -0.2) is 47.4 Å². The molecule has 0 unspecified atom stereocenters. The van der Waals surface area contributed by atoms with Crippen LogP contribution in [0.5, 0.6) is 0 Å². The van der Waals surface area contributed by atoms with Gasteiger partial charge in [-0.05, 0) is 6.92 Å². The molecular weight excluding hydrogens is 244 g/mol. The van der Waals surface area contributed by atoms with E-state index in [2.05, 4.69) is 10.6 Å². The number of primary amides is 1. The Labute approximate surface area is 103 Å². The molecule has 0 aliphatic rings. The van der Waals surface area contributed by atoms with Crippen LogP contribution < -0.4 is 22.1 Å². The SMILES string of the molecule is C[C@H](NC(=O)[C@@H](N)CC(N)=O)C(=O)NCC(=O)O. The Morgan fingerprint density at radius 3 is 2.22 bits per heavy atom. The monoisotopic (exact) mass is 260 g/mol. The zero-order valence-electron chi connectivity index (χ0n) is 9.80. The van der Waals surface area contributed by atoms with E-state index in [1.54, 1.807) is 0 Å². The number of hydrogen-bond acceptors (Lipinski definition) is 5. The predicted octanol–water partition coefficient (Wildman–Crippen LogP) is -3.11. The van der Waals surface area contributed by atoms with E-state index >= 15 is 0 Å². The first-order chi connectivity index (χ1) is 8.23. The lowest BCUT2D eigenvalue weighted by molar-refractivity contribution is -0.138. The highest BCUT2D eigenvalue weighted by Gasteiger charge is 2.21. The quantitative estimate of drug-likeness (QED) is 0.325. The third kappa shape index (κ3) is 6.43. The molecule has 3 amide bonds. The maximum absolute atomic E-state index is 11.4. The van der Waals surface area contributed by atoms with Gasteiger partial charge in [-0.25, -0.2) is 0 Å². The summed E-state index contributed by atoms with van der Waals surface area (Å²) >= 11 is 0. The van der Waals surface area contributed by atoms with Gasteiger partial charge in [0.2, 0.25) is 17.7 Å². The first-order valence-corrected chi connectivity index (χ1v) is 5.07. The number of amides is 3. The molecule has 0 aromatic carbocycles. The van der Waals surface area contributed by atoms with Crippen LogP contribution in [0.15, 0.2) is 0 Å². The summed E-state index contributed by atoms with van der Waals surface area (Å²) in [5, 5.41) is 12.7. The summed E-state index contributed by atoms with van der Waals surface area (Å²) in [6.07, 6.45) is -0.338. The van der Waals surface area contributed by atoms with E-state index in [9.17, 15) is 19.2 Å². The van der Waals surface area contributed by atoms with Crippen molar-refractivity contribution in [2.45, 2.75) is 25.4 Å². The van der Waals surface area contributed by atoms with E-state index in [0.29, 0.717) is 0 Å². The molecule has 0 rings (SSSR count). The molecular formula is C9H16N4O5. The maximum atomic E-state index is 11.4. The molecule has 9 heteroatoms. The van der Waals surface area contributed by atoms with Gasteiger partial charge in [0.15, 0.2) is 0 Å². The molecule has 9 nitrogen and oxygen atoms in total. The molecule has 0 aliphatic heterocycles. The maximum Gasteiger partial charge on any atom is 0.322 e. The number of nitrogens with one attached hydrogen (secondary N) is 2. The first kappa shape index (κ1) is 15.8. The minimum Gasteiger partial charge on any atom is -0.480 e. The van der Waals surface area contributed by atoms with Crippen LogP contribution in [0.3, 0.4) is 0 Å². The summed E-state index contributed by atoms with van der Waals surface area (Å²) in [4.78, 5) is 43.4. The first-order valence-electron chi connectivity index (χ1n) is 5.07. The number of carboxylic acids is 1. The summed E-state index contributed by atoms with van der Waals surface area (Å²) in [5.74, 6) is -3.32. The van der Waals surface area contributed by atoms with Crippen LogP contribution in [0.25, 0.3) is 0 Å². The number of rotatable bonds is 7. The Morgan fingerprint density at radius 2 is 1.78 bits per heavy atom. The predicted molar refractivity (Wildman–Crippen MR) is 60.0 cm³/mol. The standard InChI is InChI=1S/C9H16N4O5/c1-4(8(17)12-3-7(15)16)13-9(18)5(10)2-6(11)14/h4-5H,2-3,10H2,1H3,(H2,11,14)(H,12,17)(H,13,18)(H,15,16)/t4-,5-/m0/s1. The topological polar surface area (TPSA) is 165 Å². The van der Waals surface area contributed by atoms with Gasteiger partial charge in [-0.15, -0.1) is 0 Å². The molecule has 0 fully saturated rings. The number of carboxylic acid groups (broad SMARTS) is 1. The van der Waals surface area contributed by atoms with E-state index in [0.717, 1.165) is 0 Å². The molecule has 102 valence electrons. The van der Waals surface area contributed by atoms with Gasteiger partial charge in [-0.3, -0.25) is 19.2 Å². The third-order valence-corrected chi connectivity index (χ3v) is 1.92. The van der Waals surface area contributed by atoms with E-state index in [4.69, 9.17) is 16.6 Å². The molecule has 0 radical (unpaired) electrons. The lowest BCUT2D eigenvalue weighted by Gasteiger charge is -2.16. The van der Waals surface area contributed by atoms with Crippen LogP contribution in [0.2, 0.25) is 0 Å².